The molecule has 0 aliphatic carbocycles. The SMILES string of the molecule is BrC(Br)(Br)c1ncnc2ccccc12. The molecule has 2 rings (SSSR count). The second-order valence-corrected chi connectivity index (χ2v) is 9.50. The topological polar surface area (TPSA) is 25.8 Å². The van der Waals surface area contributed by atoms with Gasteiger partial charge in [-0.1, -0.05) is 66.0 Å². The van der Waals surface area contributed by atoms with Crippen molar-refractivity contribution in [1.82, 2.24) is 9.97 Å². The van der Waals surface area contributed by atoms with Crippen LogP contribution >= 0.6 is 47.8 Å². The molecule has 0 radical (unpaired) electrons. The Morgan fingerprint density at radius 1 is 1.00 bits per heavy atom. The Kier molecular flexibility index (Phi) is 2.91. The van der Waals surface area contributed by atoms with E-state index in [0.717, 1.165) is 16.6 Å². The van der Waals surface area contributed by atoms with Crippen LogP contribution < -0.4 is 0 Å². The number of hydrogen-bond acceptors (Lipinski definition) is 2. The van der Waals surface area contributed by atoms with Gasteiger partial charge < -0.3 is 0 Å². The molecule has 14 heavy (non-hydrogen) atoms. The van der Waals surface area contributed by atoms with Crippen molar-refractivity contribution in [2.24, 2.45) is 0 Å². The highest BCUT2D eigenvalue weighted by Crippen LogP contribution is 2.45. The largest absolute Gasteiger partial charge is 0.237 e. The van der Waals surface area contributed by atoms with Crippen LogP contribution in [0.4, 0.5) is 0 Å². The molecule has 0 saturated carbocycles. The van der Waals surface area contributed by atoms with Crippen molar-refractivity contribution < 1.29 is 0 Å². The van der Waals surface area contributed by atoms with Gasteiger partial charge in [-0.15, -0.1) is 0 Å². The molecule has 0 atom stereocenters. The third kappa shape index (κ3) is 1.99. The van der Waals surface area contributed by atoms with Crippen molar-refractivity contribution in [2.75, 3.05) is 0 Å². The van der Waals surface area contributed by atoms with Crippen molar-refractivity contribution in [3.63, 3.8) is 0 Å². The lowest BCUT2D eigenvalue weighted by Gasteiger charge is -2.13. The van der Waals surface area contributed by atoms with Gasteiger partial charge in [-0.25, -0.2) is 9.97 Å². The molecule has 0 N–H and O–H groups in total. The summed E-state index contributed by atoms with van der Waals surface area (Å²) in [7, 11) is 0. The summed E-state index contributed by atoms with van der Waals surface area (Å²) in [6.45, 7) is 0. The molecule has 0 aliphatic rings. The lowest BCUT2D eigenvalue weighted by Crippen LogP contribution is -2.03. The first kappa shape index (κ1) is 10.5. The highest BCUT2D eigenvalue weighted by molar-refractivity contribution is 9.38. The van der Waals surface area contributed by atoms with Crippen molar-refractivity contribution in [2.45, 2.75) is 2.14 Å². The van der Waals surface area contributed by atoms with Crippen molar-refractivity contribution in [1.29, 1.82) is 0 Å². The predicted octanol–water partition coefficient (Wildman–Crippen LogP) is 3.92. The van der Waals surface area contributed by atoms with Crippen LogP contribution in [0.5, 0.6) is 0 Å². The monoisotopic (exact) mass is 378 g/mol. The van der Waals surface area contributed by atoms with Gasteiger partial charge in [-0.3, -0.25) is 0 Å². The summed E-state index contributed by atoms with van der Waals surface area (Å²) in [5.74, 6) is 0. The molecule has 0 aliphatic heterocycles. The zero-order valence-electron chi connectivity index (χ0n) is 6.92. The molecule has 0 fully saturated rings. The fraction of sp³-hybridized carbons (Fsp3) is 0.111. The molecule has 2 aromatic rings. The van der Waals surface area contributed by atoms with Crippen molar-refractivity contribution >= 4 is 58.7 Å². The maximum Gasteiger partial charge on any atom is 0.177 e. The van der Waals surface area contributed by atoms with E-state index in [9.17, 15) is 0 Å². The summed E-state index contributed by atoms with van der Waals surface area (Å²) in [6, 6.07) is 7.87. The summed E-state index contributed by atoms with van der Waals surface area (Å²) in [5, 5.41) is 1.01. The first-order valence-electron chi connectivity index (χ1n) is 3.86. The second kappa shape index (κ2) is 3.87. The minimum absolute atomic E-state index is 0.491. The summed E-state index contributed by atoms with van der Waals surface area (Å²) in [4.78, 5) is 8.41. The standard InChI is InChI=1S/C9H5Br3N2/c10-9(11,12)8-6-3-1-2-4-7(6)13-5-14-8/h1-5H. The highest BCUT2D eigenvalue weighted by Gasteiger charge is 2.24. The van der Waals surface area contributed by atoms with E-state index in [4.69, 9.17) is 0 Å². The molecule has 2 nitrogen and oxygen atoms in total. The van der Waals surface area contributed by atoms with Gasteiger partial charge in [0, 0.05) is 5.39 Å². The Hall–Kier alpha value is 0. The van der Waals surface area contributed by atoms with Gasteiger partial charge in [0.2, 0.25) is 0 Å². The van der Waals surface area contributed by atoms with Gasteiger partial charge >= 0.3 is 0 Å². The number of hydrogen-bond donors (Lipinski definition) is 0. The fourth-order valence-electron chi connectivity index (χ4n) is 1.23. The fourth-order valence-corrected chi connectivity index (χ4v) is 2.18. The number of halogens is 3. The van der Waals surface area contributed by atoms with Crippen LogP contribution in [0.2, 0.25) is 0 Å². The van der Waals surface area contributed by atoms with Crippen molar-refractivity contribution in [3.05, 3.63) is 36.3 Å². The van der Waals surface area contributed by atoms with Crippen LogP contribution in [0.1, 0.15) is 5.69 Å². The molecule has 0 saturated heterocycles. The Balaban J connectivity index is 2.78. The number of aromatic nitrogens is 2. The van der Waals surface area contributed by atoms with E-state index >= 15 is 0 Å². The third-order valence-corrected chi connectivity index (χ3v) is 2.94. The van der Waals surface area contributed by atoms with E-state index in [0.29, 0.717) is 0 Å². The summed E-state index contributed by atoms with van der Waals surface area (Å²) < 4.78 is -0.491. The lowest BCUT2D eigenvalue weighted by molar-refractivity contribution is 1.12. The molecule has 5 heteroatoms. The van der Waals surface area contributed by atoms with E-state index in [1.165, 1.54) is 0 Å². The zero-order chi connectivity index (χ0) is 10.2. The van der Waals surface area contributed by atoms with Gasteiger partial charge in [0.25, 0.3) is 0 Å². The van der Waals surface area contributed by atoms with Crippen LogP contribution in [0.15, 0.2) is 30.6 Å². The van der Waals surface area contributed by atoms with Crippen LogP contribution in [-0.4, -0.2) is 9.97 Å². The number of rotatable bonds is 0. The number of para-hydroxylation sites is 1. The molecule has 1 heterocycles. The molecule has 1 aromatic carbocycles. The van der Waals surface area contributed by atoms with Gasteiger partial charge in [0.1, 0.15) is 6.33 Å². The number of fused-ring (bicyclic) bond motifs is 1. The van der Waals surface area contributed by atoms with E-state index < -0.39 is 2.14 Å². The van der Waals surface area contributed by atoms with E-state index in [-0.39, 0.29) is 0 Å². The van der Waals surface area contributed by atoms with Crippen molar-refractivity contribution in [3.8, 4) is 0 Å². The van der Waals surface area contributed by atoms with E-state index in [1.54, 1.807) is 6.33 Å². The summed E-state index contributed by atoms with van der Waals surface area (Å²) in [5.41, 5.74) is 1.79. The van der Waals surface area contributed by atoms with Crippen LogP contribution in [-0.2, 0) is 2.14 Å². The number of benzene rings is 1. The van der Waals surface area contributed by atoms with Gasteiger partial charge in [0.15, 0.2) is 2.14 Å². The quantitative estimate of drug-likeness (QED) is 0.647. The van der Waals surface area contributed by atoms with Crippen LogP contribution in [0.25, 0.3) is 10.9 Å². The lowest BCUT2D eigenvalue weighted by atomic mass is 10.2. The first-order chi connectivity index (χ1) is 6.59. The molecule has 72 valence electrons. The average molecular weight is 381 g/mol. The summed E-state index contributed by atoms with van der Waals surface area (Å²) in [6.07, 6.45) is 1.55. The number of alkyl halides is 3. The second-order valence-electron chi connectivity index (χ2n) is 2.74. The van der Waals surface area contributed by atoms with Crippen LogP contribution in [0.3, 0.4) is 0 Å². The average Bonchev–Trinajstić information content (AvgIpc) is 2.15. The smallest absolute Gasteiger partial charge is 0.177 e. The van der Waals surface area contributed by atoms with Gasteiger partial charge in [-0.2, -0.15) is 0 Å². The Bertz CT molecular complexity index is 460. The summed E-state index contributed by atoms with van der Waals surface area (Å²) >= 11 is 10.4. The molecular formula is C9H5Br3N2. The minimum Gasteiger partial charge on any atom is -0.237 e. The van der Waals surface area contributed by atoms with E-state index in [1.807, 2.05) is 24.3 Å². The molecule has 1 aromatic heterocycles. The van der Waals surface area contributed by atoms with E-state index in [2.05, 4.69) is 57.8 Å². The molecule has 0 bridgehead atoms. The molecule has 0 unspecified atom stereocenters. The Morgan fingerprint density at radius 2 is 1.71 bits per heavy atom. The normalized spacial score (nSPS) is 11.9. The van der Waals surface area contributed by atoms with Gasteiger partial charge in [0.05, 0.1) is 11.2 Å². The maximum atomic E-state index is 4.23. The van der Waals surface area contributed by atoms with Crippen LogP contribution in [0, 0.1) is 0 Å². The predicted molar refractivity (Wildman–Crippen MR) is 68.0 cm³/mol. The zero-order valence-corrected chi connectivity index (χ0v) is 11.7. The molecule has 0 amide bonds. The number of nitrogens with zero attached hydrogens (tertiary/aromatic N) is 2. The van der Waals surface area contributed by atoms with Gasteiger partial charge in [-0.05, 0) is 6.07 Å². The Morgan fingerprint density at radius 3 is 2.43 bits per heavy atom. The maximum absolute atomic E-state index is 4.23. The third-order valence-electron chi connectivity index (χ3n) is 1.81. The first-order valence-corrected chi connectivity index (χ1v) is 6.24. The molecule has 0 spiro atoms. The Labute approximate surface area is 107 Å². The molecular weight excluding hydrogens is 376 g/mol. The minimum atomic E-state index is -0.491. The highest BCUT2D eigenvalue weighted by atomic mass is 80.0.